The van der Waals surface area contributed by atoms with E-state index in [9.17, 15) is 18.0 Å². The summed E-state index contributed by atoms with van der Waals surface area (Å²) in [6.45, 7) is 3.11. The maximum Gasteiger partial charge on any atom is 0.433 e. The number of nitrogens with one attached hydrogen (secondary N) is 1. The number of hydrogen-bond acceptors (Lipinski definition) is 4. The van der Waals surface area contributed by atoms with E-state index < -0.39 is 11.9 Å². The zero-order valence-corrected chi connectivity index (χ0v) is 13.0. The molecule has 2 aromatic rings. The Labute approximate surface area is 136 Å². The molecule has 3 heterocycles. The number of anilines is 1. The number of carbonyl (C=O) groups is 1. The maximum absolute atomic E-state index is 12.9. The zero-order chi connectivity index (χ0) is 17.3. The molecule has 3 rings (SSSR count). The van der Waals surface area contributed by atoms with E-state index >= 15 is 0 Å². The van der Waals surface area contributed by atoms with Crippen LogP contribution in [-0.4, -0.2) is 51.9 Å². The van der Waals surface area contributed by atoms with Gasteiger partial charge >= 0.3 is 6.18 Å². The van der Waals surface area contributed by atoms with Crippen molar-refractivity contribution in [2.24, 2.45) is 0 Å². The number of aromatic amines is 1. The van der Waals surface area contributed by atoms with Gasteiger partial charge in [-0.1, -0.05) is 0 Å². The van der Waals surface area contributed by atoms with Crippen LogP contribution < -0.4 is 4.90 Å². The van der Waals surface area contributed by atoms with Gasteiger partial charge in [-0.3, -0.25) is 4.79 Å². The smallest absolute Gasteiger partial charge is 0.357 e. The summed E-state index contributed by atoms with van der Waals surface area (Å²) in [5.74, 6) is 0.195. The normalized spacial score (nSPS) is 15.7. The Kier molecular flexibility index (Phi) is 4.16. The van der Waals surface area contributed by atoms with Crippen molar-refractivity contribution in [3.8, 4) is 0 Å². The first-order valence-electron chi connectivity index (χ1n) is 7.45. The summed E-state index contributed by atoms with van der Waals surface area (Å²) < 4.78 is 38.6. The van der Waals surface area contributed by atoms with Gasteiger partial charge in [-0.05, 0) is 19.1 Å². The molecule has 1 amide bonds. The van der Waals surface area contributed by atoms with Crippen LogP contribution in [0.2, 0.25) is 0 Å². The number of nitrogens with zero attached hydrogens (tertiary/aromatic N) is 4. The van der Waals surface area contributed by atoms with Crippen LogP contribution in [0.3, 0.4) is 0 Å². The third-order valence-corrected chi connectivity index (χ3v) is 3.83. The van der Waals surface area contributed by atoms with Crippen LogP contribution in [0.4, 0.5) is 19.0 Å². The Bertz CT molecular complexity index is 721. The van der Waals surface area contributed by atoms with Gasteiger partial charge < -0.3 is 14.8 Å². The van der Waals surface area contributed by atoms with Gasteiger partial charge in [0.05, 0.1) is 0 Å². The van der Waals surface area contributed by atoms with Gasteiger partial charge in [-0.2, -0.15) is 13.2 Å². The molecule has 9 heteroatoms. The van der Waals surface area contributed by atoms with Crippen molar-refractivity contribution in [1.29, 1.82) is 0 Å². The number of alkyl halides is 3. The lowest BCUT2D eigenvalue weighted by molar-refractivity contribution is -0.141. The molecule has 0 aliphatic carbocycles. The average molecular weight is 339 g/mol. The van der Waals surface area contributed by atoms with Crippen molar-refractivity contribution >= 4 is 11.7 Å². The molecule has 1 fully saturated rings. The molecule has 1 aliphatic heterocycles. The van der Waals surface area contributed by atoms with Gasteiger partial charge in [0.15, 0.2) is 0 Å². The first kappa shape index (κ1) is 16.3. The molecule has 0 saturated carbocycles. The highest BCUT2D eigenvalue weighted by atomic mass is 19.4. The molecule has 24 heavy (non-hydrogen) atoms. The summed E-state index contributed by atoms with van der Waals surface area (Å²) in [5, 5.41) is 0. The third kappa shape index (κ3) is 3.34. The molecule has 6 nitrogen and oxygen atoms in total. The van der Waals surface area contributed by atoms with Crippen molar-refractivity contribution < 1.29 is 18.0 Å². The van der Waals surface area contributed by atoms with Gasteiger partial charge in [0.25, 0.3) is 5.91 Å². The molecule has 0 radical (unpaired) electrons. The fourth-order valence-corrected chi connectivity index (χ4v) is 2.63. The topological polar surface area (TPSA) is 65.1 Å². The quantitative estimate of drug-likeness (QED) is 0.910. The number of amides is 1. The van der Waals surface area contributed by atoms with Crippen molar-refractivity contribution in [3.63, 3.8) is 0 Å². The second kappa shape index (κ2) is 6.14. The summed E-state index contributed by atoms with van der Waals surface area (Å²) in [7, 11) is 0. The van der Waals surface area contributed by atoms with E-state index in [1.807, 2.05) is 0 Å². The van der Waals surface area contributed by atoms with E-state index in [0.29, 0.717) is 31.9 Å². The molecule has 1 aliphatic rings. The maximum atomic E-state index is 12.9. The number of hydrogen-bond donors (Lipinski definition) is 1. The molecule has 0 aromatic carbocycles. The van der Waals surface area contributed by atoms with Gasteiger partial charge in [0.1, 0.15) is 23.0 Å². The van der Waals surface area contributed by atoms with Crippen molar-refractivity contribution in [1.82, 2.24) is 19.9 Å². The molecular weight excluding hydrogens is 323 g/mol. The zero-order valence-electron chi connectivity index (χ0n) is 13.0. The highest BCUT2D eigenvalue weighted by Gasteiger charge is 2.34. The molecule has 0 bridgehead atoms. The highest BCUT2D eigenvalue weighted by molar-refractivity contribution is 5.92. The Balaban J connectivity index is 1.71. The molecule has 0 unspecified atom stereocenters. The van der Waals surface area contributed by atoms with Crippen molar-refractivity contribution in [3.05, 3.63) is 41.6 Å². The number of aryl methyl sites for hydroxylation is 1. The Hall–Kier alpha value is -2.58. The summed E-state index contributed by atoms with van der Waals surface area (Å²) in [6, 6.07) is 4.39. The third-order valence-electron chi connectivity index (χ3n) is 3.83. The second-order valence-electron chi connectivity index (χ2n) is 5.52. The first-order chi connectivity index (χ1) is 11.3. The minimum Gasteiger partial charge on any atom is -0.357 e. The van der Waals surface area contributed by atoms with Crippen LogP contribution in [-0.2, 0) is 6.18 Å². The molecule has 128 valence electrons. The SMILES string of the molecule is Cc1nc(N2CCN(C(=O)c3ccc[nH]3)CC2)cc(C(F)(F)F)n1. The molecular formula is C15H16F3N5O. The predicted octanol–water partition coefficient (Wildman–Crippen LogP) is 2.09. The van der Waals surface area contributed by atoms with E-state index in [1.54, 1.807) is 28.1 Å². The largest absolute Gasteiger partial charge is 0.433 e. The molecule has 2 aromatic heterocycles. The van der Waals surface area contributed by atoms with Crippen LogP contribution in [0, 0.1) is 6.92 Å². The van der Waals surface area contributed by atoms with Gasteiger partial charge in [-0.25, -0.2) is 9.97 Å². The van der Waals surface area contributed by atoms with Crippen LogP contribution >= 0.6 is 0 Å². The summed E-state index contributed by atoms with van der Waals surface area (Å²) in [6.07, 6.45) is -2.83. The van der Waals surface area contributed by atoms with Crippen molar-refractivity contribution in [2.75, 3.05) is 31.1 Å². The minimum absolute atomic E-state index is 0.0738. The Morgan fingerprint density at radius 2 is 1.92 bits per heavy atom. The number of aromatic nitrogens is 3. The Morgan fingerprint density at radius 3 is 2.50 bits per heavy atom. The number of carbonyl (C=O) groups excluding carboxylic acids is 1. The predicted molar refractivity (Wildman–Crippen MR) is 80.7 cm³/mol. The van der Waals surface area contributed by atoms with Gasteiger partial charge in [-0.15, -0.1) is 0 Å². The molecule has 1 saturated heterocycles. The molecule has 0 atom stereocenters. The van der Waals surface area contributed by atoms with Gasteiger partial charge in [0.2, 0.25) is 0 Å². The first-order valence-corrected chi connectivity index (χ1v) is 7.45. The summed E-state index contributed by atoms with van der Waals surface area (Å²) in [5.41, 5.74) is -0.449. The van der Waals surface area contributed by atoms with Crippen molar-refractivity contribution in [2.45, 2.75) is 13.1 Å². The minimum atomic E-state index is -4.51. The summed E-state index contributed by atoms with van der Waals surface area (Å²) >= 11 is 0. The highest BCUT2D eigenvalue weighted by Crippen LogP contribution is 2.29. The lowest BCUT2D eigenvalue weighted by Gasteiger charge is -2.35. The van der Waals surface area contributed by atoms with E-state index in [-0.39, 0.29) is 17.5 Å². The standard InChI is InChI=1S/C15H16F3N5O/c1-10-20-12(15(16,17)18)9-13(21-10)22-5-7-23(8-6-22)14(24)11-3-2-4-19-11/h2-4,9,19H,5-8H2,1H3. The molecule has 1 N–H and O–H groups in total. The lowest BCUT2D eigenvalue weighted by Crippen LogP contribution is -2.49. The van der Waals surface area contributed by atoms with Crippen LogP contribution in [0.5, 0.6) is 0 Å². The van der Waals surface area contributed by atoms with Crippen LogP contribution in [0.1, 0.15) is 22.0 Å². The van der Waals surface area contributed by atoms with Crippen LogP contribution in [0.15, 0.2) is 24.4 Å². The van der Waals surface area contributed by atoms with E-state index in [2.05, 4.69) is 15.0 Å². The second-order valence-corrected chi connectivity index (χ2v) is 5.52. The average Bonchev–Trinajstić information content (AvgIpc) is 3.07. The number of H-pyrrole nitrogens is 1. The Morgan fingerprint density at radius 1 is 1.21 bits per heavy atom. The number of piperazine rings is 1. The lowest BCUT2D eigenvalue weighted by atomic mass is 10.2. The fourth-order valence-electron chi connectivity index (χ4n) is 2.63. The van der Waals surface area contributed by atoms with E-state index in [1.165, 1.54) is 6.92 Å². The number of rotatable bonds is 2. The number of halogens is 3. The van der Waals surface area contributed by atoms with E-state index in [4.69, 9.17) is 0 Å². The van der Waals surface area contributed by atoms with Crippen LogP contribution in [0.25, 0.3) is 0 Å². The molecule has 0 spiro atoms. The van der Waals surface area contributed by atoms with Gasteiger partial charge in [0, 0.05) is 38.4 Å². The summed E-state index contributed by atoms with van der Waals surface area (Å²) in [4.78, 5) is 26.1. The van der Waals surface area contributed by atoms with E-state index in [0.717, 1.165) is 6.07 Å². The fraction of sp³-hybridized carbons (Fsp3) is 0.400. The monoisotopic (exact) mass is 339 g/mol.